The second-order valence-corrected chi connectivity index (χ2v) is 18.1. The first-order chi connectivity index (χ1) is 24.7. The molecule has 276 valence electrons. The maximum atomic E-state index is 13.0. The van der Waals surface area contributed by atoms with Crippen LogP contribution in [0.1, 0.15) is 30.3 Å². The van der Waals surface area contributed by atoms with Gasteiger partial charge in [-0.25, -0.2) is 28.4 Å². The molecule has 2 N–H and O–H groups in total. The van der Waals surface area contributed by atoms with E-state index < -0.39 is 19.9 Å². The Labute approximate surface area is 308 Å². The number of ether oxygens (including phenoxy) is 1. The number of benzene rings is 2. The maximum absolute atomic E-state index is 13.0. The Balaban J connectivity index is 1.24. The van der Waals surface area contributed by atoms with Gasteiger partial charge in [0, 0.05) is 87.3 Å². The van der Waals surface area contributed by atoms with Gasteiger partial charge in [-0.05, 0) is 36.8 Å². The molecule has 0 amide bonds. The van der Waals surface area contributed by atoms with Crippen molar-refractivity contribution in [3.05, 3.63) is 71.8 Å². The first kappa shape index (κ1) is 37.2. The zero-order chi connectivity index (χ0) is 37.2. The molecule has 1 aliphatic heterocycles. The third kappa shape index (κ3) is 8.71. The van der Waals surface area contributed by atoms with Crippen molar-refractivity contribution in [2.24, 2.45) is 7.05 Å². The third-order valence-corrected chi connectivity index (χ3v) is 12.2. The van der Waals surface area contributed by atoms with Gasteiger partial charge in [0.25, 0.3) is 10.0 Å². The number of sulfonamides is 1. The molecule has 0 aliphatic carbocycles. The highest BCUT2D eigenvalue weighted by molar-refractivity contribution is 7.92. The quantitative estimate of drug-likeness (QED) is 0.162. The average molecular weight is 766 g/mol. The van der Waals surface area contributed by atoms with Gasteiger partial charge in [0.05, 0.1) is 46.1 Å². The molecular formula is C35H43N9O5S3. The Morgan fingerprint density at radius 1 is 1.00 bits per heavy atom. The third-order valence-electron chi connectivity index (χ3n) is 8.63. The fourth-order valence-electron chi connectivity index (χ4n) is 5.88. The molecule has 4 heterocycles. The molecule has 0 spiro atoms. The van der Waals surface area contributed by atoms with Gasteiger partial charge in [-0.2, -0.15) is 8.42 Å². The summed E-state index contributed by atoms with van der Waals surface area (Å²) < 4.78 is 59.3. The lowest BCUT2D eigenvalue weighted by Crippen LogP contribution is -2.47. The first-order valence-corrected chi connectivity index (χ1v) is 21.1. The van der Waals surface area contributed by atoms with Crippen LogP contribution >= 0.6 is 11.3 Å². The molecule has 2 aromatic carbocycles. The van der Waals surface area contributed by atoms with E-state index in [0.29, 0.717) is 41.0 Å². The van der Waals surface area contributed by atoms with Crippen LogP contribution in [0.3, 0.4) is 0 Å². The number of nitrogens with zero attached hydrogens (tertiary/aromatic N) is 7. The van der Waals surface area contributed by atoms with E-state index in [-0.39, 0.29) is 16.7 Å². The minimum atomic E-state index is -3.89. The van der Waals surface area contributed by atoms with Gasteiger partial charge < -0.3 is 19.5 Å². The molecule has 1 fully saturated rings. The lowest BCUT2D eigenvalue weighted by atomic mass is 10.1. The standard InChI is InChI=1S/C35H43N9O5S3/c1-23(2)34-40-32(25-8-7-9-26(19-25)41-52(47,48)31-21-42(4)22-37-31)33(50-34)27-10-11-36-35(38-27)39-28-18-24(3)29(20-30(28)49-5)44-14-12-43(13-15-44)16-17-51(6,45)46/h7-11,18-23,41H,12-17H2,1-6H3,(H,36,38,39). The molecule has 1 saturated heterocycles. The van der Waals surface area contributed by atoms with E-state index in [1.165, 1.54) is 30.1 Å². The normalized spacial score (nSPS) is 14.2. The SMILES string of the molecule is COc1cc(N2CCN(CCS(C)(=O)=O)CC2)c(C)cc1Nc1nccc(-c2sc(C(C)C)nc2-c2cccc(NS(=O)(=O)c3cn(C)cn3)c2)n1. The smallest absolute Gasteiger partial charge is 0.280 e. The summed E-state index contributed by atoms with van der Waals surface area (Å²) in [6.45, 7) is 9.86. The molecule has 0 unspecified atom stereocenters. The number of rotatable bonds is 13. The molecule has 17 heteroatoms. The molecule has 0 radical (unpaired) electrons. The van der Waals surface area contributed by atoms with Crippen LogP contribution in [0, 0.1) is 6.92 Å². The van der Waals surface area contributed by atoms with Crippen molar-refractivity contribution >= 4 is 54.2 Å². The summed E-state index contributed by atoms with van der Waals surface area (Å²) in [5.41, 5.74) is 5.29. The summed E-state index contributed by atoms with van der Waals surface area (Å²) in [5, 5.41) is 4.20. The molecule has 52 heavy (non-hydrogen) atoms. The molecule has 5 aromatic rings. The molecule has 3 aromatic heterocycles. The number of thiazole rings is 1. The van der Waals surface area contributed by atoms with Crippen LogP contribution < -0.4 is 19.7 Å². The number of sulfone groups is 1. The van der Waals surface area contributed by atoms with Crippen LogP contribution in [-0.2, 0) is 26.9 Å². The van der Waals surface area contributed by atoms with Gasteiger partial charge in [0.1, 0.15) is 15.6 Å². The Morgan fingerprint density at radius 3 is 2.44 bits per heavy atom. The largest absolute Gasteiger partial charge is 0.494 e. The zero-order valence-electron chi connectivity index (χ0n) is 30.0. The average Bonchev–Trinajstić information content (AvgIpc) is 3.76. The fraction of sp³-hybridized carbons (Fsp3) is 0.371. The van der Waals surface area contributed by atoms with E-state index in [0.717, 1.165) is 52.9 Å². The number of hydrogen-bond acceptors (Lipinski definition) is 13. The summed E-state index contributed by atoms with van der Waals surface area (Å²) in [6.07, 6.45) is 5.85. The summed E-state index contributed by atoms with van der Waals surface area (Å²) in [4.78, 5) is 23.7. The maximum Gasteiger partial charge on any atom is 0.280 e. The number of hydrogen-bond donors (Lipinski definition) is 2. The number of anilines is 4. The summed E-state index contributed by atoms with van der Waals surface area (Å²) in [6, 6.07) is 13.0. The van der Waals surface area contributed by atoms with E-state index in [2.05, 4.69) is 50.6 Å². The number of methoxy groups -OCH3 is 1. The predicted molar refractivity (Wildman–Crippen MR) is 206 cm³/mol. The van der Waals surface area contributed by atoms with Crippen molar-refractivity contribution in [2.45, 2.75) is 31.7 Å². The molecular weight excluding hydrogens is 723 g/mol. The second-order valence-electron chi connectivity index (χ2n) is 13.1. The van der Waals surface area contributed by atoms with Gasteiger partial charge in [-0.3, -0.25) is 9.62 Å². The molecule has 14 nitrogen and oxygen atoms in total. The molecule has 6 rings (SSSR count). The topological polar surface area (TPSA) is 165 Å². The molecule has 1 aliphatic rings. The van der Waals surface area contributed by atoms with E-state index in [9.17, 15) is 16.8 Å². The van der Waals surface area contributed by atoms with Gasteiger partial charge in [0.15, 0.2) is 5.03 Å². The highest BCUT2D eigenvalue weighted by Gasteiger charge is 2.23. The van der Waals surface area contributed by atoms with Crippen LogP contribution in [0.25, 0.3) is 21.8 Å². The van der Waals surface area contributed by atoms with E-state index in [1.807, 2.05) is 24.3 Å². The minimum absolute atomic E-state index is 0.0684. The van der Waals surface area contributed by atoms with Crippen LogP contribution in [0.5, 0.6) is 5.75 Å². The Kier molecular flexibility index (Phi) is 10.9. The molecule has 0 bridgehead atoms. The van der Waals surface area contributed by atoms with Crippen molar-refractivity contribution in [3.63, 3.8) is 0 Å². The number of imidazole rings is 1. The molecule has 0 saturated carbocycles. The number of aryl methyl sites for hydroxylation is 2. The van der Waals surface area contributed by atoms with E-state index in [4.69, 9.17) is 14.7 Å². The minimum Gasteiger partial charge on any atom is -0.494 e. The monoisotopic (exact) mass is 765 g/mol. The van der Waals surface area contributed by atoms with Gasteiger partial charge >= 0.3 is 0 Å². The van der Waals surface area contributed by atoms with Crippen molar-refractivity contribution in [1.82, 2.24) is 29.4 Å². The van der Waals surface area contributed by atoms with Crippen molar-refractivity contribution in [2.75, 3.05) is 66.8 Å². The lowest BCUT2D eigenvalue weighted by molar-refractivity contribution is 0.272. The highest BCUT2D eigenvalue weighted by atomic mass is 32.2. The van der Waals surface area contributed by atoms with Gasteiger partial charge in [-0.15, -0.1) is 11.3 Å². The van der Waals surface area contributed by atoms with E-state index in [1.54, 1.807) is 43.1 Å². The van der Waals surface area contributed by atoms with Crippen LogP contribution in [0.15, 0.2) is 66.2 Å². The Morgan fingerprint density at radius 2 is 1.77 bits per heavy atom. The molecule has 0 atom stereocenters. The lowest BCUT2D eigenvalue weighted by Gasteiger charge is -2.37. The summed E-state index contributed by atoms with van der Waals surface area (Å²) in [7, 11) is -3.55. The van der Waals surface area contributed by atoms with Crippen molar-refractivity contribution in [1.29, 1.82) is 0 Å². The summed E-state index contributed by atoms with van der Waals surface area (Å²) >= 11 is 1.54. The van der Waals surface area contributed by atoms with Crippen LogP contribution in [0.4, 0.5) is 23.0 Å². The Bertz CT molecular complexity index is 2280. The fourth-order valence-corrected chi connectivity index (χ4v) is 8.56. The number of nitrogens with one attached hydrogen (secondary N) is 2. The van der Waals surface area contributed by atoms with Gasteiger partial charge in [0.2, 0.25) is 5.95 Å². The van der Waals surface area contributed by atoms with Gasteiger partial charge in [-0.1, -0.05) is 26.0 Å². The van der Waals surface area contributed by atoms with Crippen molar-refractivity contribution < 1.29 is 21.6 Å². The van der Waals surface area contributed by atoms with E-state index >= 15 is 0 Å². The van der Waals surface area contributed by atoms with Crippen LogP contribution in [0.2, 0.25) is 0 Å². The predicted octanol–water partition coefficient (Wildman–Crippen LogP) is 5.15. The number of aromatic nitrogens is 5. The Hall–Kier alpha value is -4.58. The van der Waals surface area contributed by atoms with Crippen molar-refractivity contribution in [3.8, 4) is 27.6 Å². The first-order valence-electron chi connectivity index (χ1n) is 16.7. The van der Waals surface area contributed by atoms with Crippen LogP contribution in [-0.4, -0.2) is 98.1 Å². The second kappa shape index (κ2) is 15.2. The zero-order valence-corrected chi connectivity index (χ0v) is 32.4. The number of piperazine rings is 1. The summed E-state index contributed by atoms with van der Waals surface area (Å²) in [5.74, 6) is 1.34. The highest BCUT2D eigenvalue weighted by Crippen LogP contribution is 2.40.